The van der Waals surface area contributed by atoms with Gasteiger partial charge in [0.15, 0.2) is 0 Å². The fraction of sp³-hybridized carbons (Fsp3) is 0.167. The van der Waals surface area contributed by atoms with Gasteiger partial charge in [-0.05, 0) is 18.2 Å². The first kappa shape index (κ1) is 12.6. The van der Waals surface area contributed by atoms with Crippen LogP contribution in [0.25, 0.3) is 0 Å². The summed E-state index contributed by atoms with van der Waals surface area (Å²) in [5.74, 6) is 3.78. The molecule has 0 aliphatic carbocycles. The van der Waals surface area contributed by atoms with E-state index in [4.69, 9.17) is 10.8 Å². The largest absolute Gasteiger partial charge is 0.478 e. The minimum Gasteiger partial charge on any atom is -0.478 e. The summed E-state index contributed by atoms with van der Waals surface area (Å²) >= 11 is 0. The average Bonchev–Trinajstić information content (AvgIpc) is 2.30. The lowest BCUT2D eigenvalue weighted by Gasteiger charge is -1.99. The Morgan fingerprint density at radius 3 is 2.71 bits per heavy atom. The first-order chi connectivity index (χ1) is 8.04. The van der Waals surface area contributed by atoms with E-state index in [0.717, 1.165) is 0 Å². The molecule has 0 aliphatic rings. The zero-order valence-corrected chi connectivity index (χ0v) is 9.19. The number of nitrogen functional groups attached to an aromatic ring is 1. The van der Waals surface area contributed by atoms with Gasteiger partial charge >= 0.3 is 11.9 Å². The van der Waals surface area contributed by atoms with Crippen LogP contribution in [0, 0.1) is 11.8 Å². The number of carbonyl (C=O) groups excluding carboxylic acids is 1. The number of aromatic carboxylic acids is 1. The van der Waals surface area contributed by atoms with Crippen LogP contribution >= 0.6 is 0 Å². The summed E-state index contributed by atoms with van der Waals surface area (Å²) in [6.07, 6.45) is -0.0311. The standard InChI is InChI=1S/C12H11NO4/c1-17-11(14)4-2-3-8-5-6-9(12(15)16)7-10(8)13/h5-7H,4,13H2,1H3,(H,15,16). The third kappa shape index (κ3) is 3.54. The van der Waals surface area contributed by atoms with Crippen LogP contribution in [0.15, 0.2) is 18.2 Å². The molecule has 0 aromatic heterocycles. The normalized spacial score (nSPS) is 9.00. The van der Waals surface area contributed by atoms with Crippen molar-refractivity contribution in [2.24, 2.45) is 0 Å². The molecule has 0 radical (unpaired) electrons. The maximum atomic E-state index is 10.8. The Morgan fingerprint density at radius 2 is 2.18 bits per heavy atom. The van der Waals surface area contributed by atoms with Crippen molar-refractivity contribution in [3.63, 3.8) is 0 Å². The molecule has 17 heavy (non-hydrogen) atoms. The highest BCUT2D eigenvalue weighted by molar-refractivity contribution is 5.89. The van der Waals surface area contributed by atoms with Gasteiger partial charge in [0.1, 0.15) is 6.42 Å². The van der Waals surface area contributed by atoms with Crippen LogP contribution in [0.5, 0.6) is 0 Å². The second kappa shape index (κ2) is 5.56. The number of carbonyl (C=O) groups is 2. The van der Waals surface area contributed by atoms with E-state index in [9.17, 15) is 9.59 Å². The Bertz CT molecular complexity index is 511. The lowest BCUT2D eigenvalue weighted by Crippen LogP contribution is -2.00. The van der Waals surface area contributed by atoms with Crippen LogP contribution in [-0.4, -0.2) is 24.2 Å². The second-order valence-corrected chi connectivity index (χ2v) is 3.16. The number of ether oxygens (including phenoxy) is 1. The molecule has 0 heterocycles. The fourth-order valence-corrected chi connectivity index (χ4v) is 1.09. The highest BCUT2D eigenvalue weighted by Gasteiger charge is 2.04. The molecule has 0 saturated carbocycles. The van der Waals surface area contributed by atoms with Crippen LogP contribution in [0.4, 0.5) is 5.69 Å². The molecule has 88 valence electrons. The van der Waals surface area contributed by atoms with Crippen LogP contribution < -0.4 is 5.73 Å². The number of esters is 1. The molecule has 1 aromatic carbocycles. The summed E-state index contributed by atoms with van der Waals surface area (Å²) in [5.41, 5.74) is 6.48. The Hall–Kier alpha value is -2.48. The summed E-state index contributed by atoms with van der Waals surface area (Å²) < 4.78 is 4.42. The number of methoxy groups -OCH3 is 1. The molecule has 1 rings (SSSR count). The van der Waals surface area contributed by atoms with Gasteiger partial charge in [-0.2, -0.15) is 0 Å². The van der Waals surface area contributed by atoms with Crippen molar-refractivity contribution < 1.29 is 19.4 Å². The minimum atomic E-state index is -1.05. The third-order valence-electron chi connectivity index (χ3n) is 1.98. The highest BCUT2D eigenvalue weighted by atomic mass is 16.5. The number of anilines is 1. The van der Waals surface area contributed by atoms with Crippen LogP contribution in [0.3, 0.4) is 0 Å². The van der Waals surface area contributed by atoms with Crippen molar-refractivity contribution in [3.8, 4) is 11.8 Å². The van der Waals surface area contributed by atoms with Gasteiger partial charge in [0.05, 0.1) is 12.7 Å². The fourth-order valence-electron chi connectivity index (χ4n) is 1.09. The van der Waals surface area contributed by atoms with E-state index in [-0.39, 0.29) is 17.7 Å². The number of rotatable bonds is 2. The molecular formula is C12H11NO4. The molecule has 0 bridgehead atoms. The summed E-state index contributed by atoms with van der Waals surface area (Å²) in [5, 5.41) is 8.73. The smallest absolute Gasteiger partial charge is 0.335 e. The lowest BCUT2D eigenvalue weighted by atomic mass is 10.1. The van der Waals surface area contributed by atoms with Crippen molar-refractivity contribution in [1.29, 1.82) is 0 Å². The number of carboxylic acids is 1. The molecule has 0 unspecified atom stereocenters. The molecule has 0 aliphatic heterocycles. The van der Waals surface area contributed by atoms with Gasteiger partial charge in [-0.25, -0.2) is 4.79 Å². The SMILES string of the molecule is COC(=O)CC#Cc1ccc(C(=O)O)cc1N. The Labute approximate surface area is 98.2 Å². The van der Waals surface area contributed by atoms with Gasteiger partial charge < -0.3 is 15.6 Å². The highest BCUT2D eigenvalue weighted by Crippen LogP contribution is 2.13. The molecule has 5 nitrogen and oxygen atoms in total. The summed E-state index contributed by atoms with van der Waals surface area (Å²) in [4.78, 5) is 21.5. The number of hydrogen-bond acceptors (Lipinski definition) is 4. The lowest BCUT2D eigenvalue weighted by molar-refractivity contribution is -0.139. The van der Waals surface area contributed by atoms with E-state index in [1.165, 1.54) is 25.3 Å². The average molecular weight is 233 g/mol. The van der Waals surface area contributed by atoms with Gasteiger partial charge in [-0.3, -0.25) is 4.79 Å². The van der Waals surface area contributed by atoms with E-state index in [2.05, 4.69) is 16.6 Å². The summed E-state index contributed by atoms with van der Waals surface area (Å²) in [6, 6.07) is 4.23. The van der Waals surface area contributed by atoms with Gasteiger partial charge in [0, 0.05) is 11.3 Å². The zero-order valence-electron chi connectivity index (χ0n) is 9.19. The van der Waals surface area contributed by atoms with Gasteiger partial charge in [0.2, 0.25) is 0 Å². The molecule has 5 heteroatoms. The Balaban J connectivity index is 2.86. The number of carboxylic acid groups (broad SMARTS) is 1. The molecule has 0 amide bonds. The van der Waals surface area contributed by atoms with Gasteiger partial charge in [0.25, 0.3) is 0 Å². The molecule has 0 atom stereocenters. The molecule has 0 fully saturated rings. The topological polar surface area (TPSA) is 89.6 Å². The van der Waals surface area contributed by atoms with E-state index in [1.54, 1.807) is 0 Å². The Kier molecular flexibility index (Phi) is 4.12. The van der Waals surface area contributed by atoms with Crippen molar-refractivity contribution in [1.82, 2.24) is 0 Å². The molecule has 1 aromatic rings. The summed E-state index contributed by atoms with van der Waals surface area (Å²) in [6.45, 7) is 0. The van der Waals surface area contributed by atoms with Crippen LogP contribution in [0.2, 0.25) is 0 Å². The molecule has 0 saturated heterocycles. The van der Waals surface area contributed by atoms with Crippen LogP contribution in [-0.2, 0) is 9.53 Å². The number of nitrogens with two attached hydrogens (primary N) is 1. The number of benzene rings is 1. The second-order valence-electron chi connectivity index (χ2n) is 3.16. The maximum Gasteiger partial charge on any atom is 0.335 e. The van der Waals surface area contributed by atoms with Gasteiger partial charge in [-0.1, -0.05) is 11.8 Å². The van der Waals surface area contributed by atoms with E-state index < -0.39 is 11.9 Å². The first-order valence-corrected chi connectivity index (χ1v) is 4.73. The molecular weight excluding hydrogens is 222 g/mol. The van der Waals surface area contributed by atoms with E-state index in [0.29, 0.717) is 5.56 Å². The van der Waals surface area contributed by atoms with Crippen LogP contribution in [0.1, 0.15) is 22.3 Å². The monoisotopic (exact) mass is 233 g/mol. The number of hydrogen-bond donors (Lipinski definition) is 2. The predicted molar refractivity (Wildman–Crippen MR) is 61.3 cm³/mol. The van der Waals surface area contributed by atoms with E-state index >= 15 is 0 Å². The molecule has 0 spiro atoms. The third-order valence-corrected chi connectivity index (χ3v) is 1.98. The Morgan fingerprint density at radius 1 is 1.47 bits per heavy atom. The quantitative estimate of drug-likeness (QED) is 0.449. The van der Waals surface area contributed by atoms with Crippen molar-refractivity contribution in [3.05, 3.63) is 29.3 Å². The molecule has 3 N–H and O–H groups in total. The van der Waals surface area contributed by atoms with Crippen molar-refractivity contribution in [2.45, 2.75) is 6.42 Å². The van der Waals surface area contributed by atoms with Crippen molar-refractivity contribution >= 4 is 17.6 Å². The minimum absolute atomic E-state index is 0.0311. The van der Waals surface area contributed by atoms with Gasteiger partial charge in [-0.15, -0.1) is 0 Å². The van der Waals surface area contributed by atoms with E-state index in [1.807, 2.05) is 0 Å². The maximum absolute atomic E-state index is 10.8. The summed E-state index contributed by atoms with van der Waals surface area (Å²) in [7, 11) is 1.28. The zero-order chi connectivity index (χ0) is 12.8. The predicted octanol–water partition coefficient (Wildman–Crippen LogP) is 0.882. The first-order valence-electron chi connectivity index (χ1n) is 4.73. The van der Waals surface area contributed by atoms with Crippen molar-refractivity contribution in [2.75, 3.05) is 12.8 Å².